The summed E-state index contributed by atoms with van der Waals surface area (Å²) in [6.07, 6.45) is 13.0. The van der Waals surface area contributed by atoms with Gasteiger partial charge >= 0.3 is 0 Å². The maximum atomic E-state index is 6.39. The molecule has 2 nitrogen and oxygen atoms in total. The average Bonchev–Trinajstić information content (AvgIpc) is 3.56. The maximum absolute atomic E-state index is 6.39. The lowest BCUT2D eigenvalue weighted by Crippen LogP contribution is -2.29. The summed E-state index contributed by atoms with van der Waals surface area (Å²) in [7, 11) is 0. The van der Waals surface area contributed by atoms with Crippen LogP contribution < -0.4 is 16.0 Å². The molecule has 0 atom stereocenters. The molecule has 0 bridgehead atoms. The second-order valence-corrected chi connectivity index (χ2v) is 11.5. The van der Waals surface area contributed by atoms with Crippen molar-refractivity contribution in [1.29, 1.82) is 0 Å². The molecule has 6 aromatic rings. The van der Waals surface area contributed by atoms with Crippen LogP contribution in [-0.2, 0) is 0 Å². The first-order valence-electron chi connectivity index (χ1n) is 13.7. The van der Waals surface area contributed by atoms with Gasteiger partial charge in [-0.2, -0.15) is 0 Å². The molecule has 0 unspecified atom stereocenters. The molecule has 0 amide bonds. The lowest BCUT2D eigenvalue weighted by atomic mass is 9.93. The quantitative estimate of drug-likeness (QED) is 0.250. The van der Waals surface area contributed by atoms with Crippen LogP contribution in [0.2, 0.25) is 0 Å². The number of benzene rings is 4. The Labute approximate surface area is 230 Å². The van der Waals surface area contributed by atoms with Gasteiger partial charge in [0.05, 0.1) is 0 Å². The normalized spacial score (nSPS) is 15.0. The van der Waals surface area contributed by atoms with E-state index in [9.17, 15) is 0 Å². The molecule has 3 heteroatoms. The molecule has 2 aliphatic carbocycles. The van der Waals surface area contributed by atoms with E-state index in [4.69, 9.17) is 4.42 Å². The van der Waals surface area contributed by atoms with E-state index in [0.29, 0.717) is 0 Å². The summed E-state index contributed by atoms with van der Waals surface area (Å²) in [6, 6.07) is 30.8. The van der Waals surface area contributed by atoms with Crippen molar-refractivity contribution in [2.24, 2.45) is 0 Å². The Hall–Kier alpha value is -4.34. The molecule has 2 aliphatic rings. The lowest BCUT2D eigenvalue weighted by Gasteiger charge is -2.15. The SMILES string of the molecule is C1=CCCC(c2cccc3oc4c(c23)=C(Nc2cccc(-c3ccc5sc6ccccc6c5c3)c2)CCC=4)=C1. The molecule has 4 aromatic carbocycles. The van der Waals surface area contributed by atoms with Gasteiger partial charge < -0.3 is 9.73 Å². The zero-order valence-electron chi connectivity index (χ0n) is 21.5. The lowest BCUT2D eigenvalue weighted by molar-refractivity contribution is 0.571. The highest BCUT2D eigenvalue weighted by Crippen LogP contribution is 2.37. The molecule has 2 heterocycles. The average molecular weight is 522 g/mol. The third-order valence-electron chi connectivity index (χ3n) is 8.00. The molecular formula is C36H27NOS. The van der Waals surface area contributed by atoms with Gasteiger partial charge in [0.25, 0.3) is 0 Å². The number of fused-ring (bicyclic) bond motifs is 6. The van der Waals surface area contributed by atoms with Crippen LogP contribution in [0, 0.1) is 0 Å². The molecule has 8 rings (SSSR count). The summed E-state index contributed by atoms with van der Waals surface area (Å²) in [5.41, 5.74) is 9.44. The number of hydrogen-bond donors (Lipinski definition) is 1. The predicted molar refractivity (Wildman–Crippen MR) is 167 cm³/mol. The van der Waals surface area contributed by atoms with Gasteiger partial charge in [0.1, 0.15) is 11.0 Å². The van der Waals surface area contributed by atoms with Crippen molar-refractivity contribution in [1.82, 2.24) is 0 Å². The Morgan fingerprint density at radius 2 is 1.64 bits per heavy atom. The van der Waals surface area contributed by atoms with Gasteiger partial charge in [-0.15, -0.1) is 11.3 Å². The molecule has 0 spiro atoms. The Morgan fingerprint density at radius 1 is 0.744 bits per heavy atom. The smallest absolute Gasteiger partial charge is 0.136 e. The first kappa shape index (κ1) is 22.6. The van der Waals surface area contributed by atoms with Crippen LogP contribution in [0.1, 0.15) is 31.2 Å². The zero-order valence-corrected chi connectivity index (χ0v) is 22.4. The number of furan rings is 1. The van der Waals surface area contributed by atoms with Crippen molar-refractivity contribution in [2.75, 3.05) is 5.32 Å². The van der Waals surface area contributed by atoms with Crippen LogP contribution in [0.25, 0.3) is 59.6 Å². The van der Waals surface area contributed by atoms with Crippen LogP contribution >= 0.6 is 11.3 Å². The highest BCUT2D eigenvalue weighted by atomic mass is 32.1. The molecular weight excluding hydrogens is 494 g/mol. The molecule has 2 aromatic heterocycles. The Balaban J connectivity index is 1.24. The van der Waals surface area contributed by atoms with Gasteiger partial charge in [0, 0.05) is 42.2 Å². The van der Waals surface area contributed by atoms with Gasteiger partial charge in [0.15, 0.2) is 0 Å². The van der Waals surface area contributed by atoms with Crippen LogP contribution in [0.3, 0.4) is 0 Å². The van der Waals surface area contributed by atoms with Crippen molar-refractivity contribution in [2.45, 2.75) is 25.7 Å². The fourth-order valence-electron chi connectivity index (χ4n) is 6.16. The van der Waals surface area contributed by atoms with Gasteiger partial charge in [-0.1, -0.05) is 66.8 Å². The molecule has 0 aliphatic heterocycles. The summed E-state index contributed by atoms with van der Waals surface area (Å²) in [5, 5.41) is 8.94. The minimum absolute atomic E-state index is 0.964. The summed E-state index contributed by atoms with van der Waals surface area (Å²) in [4.78, 5) is 0. The summed E-state index contributed by atoms with van der Waals surface area (Å²) >= 11 is 1.86. The van der Waals surface area contributed by atoms with Crippen molar-refractivity contribution in [3.05, 3.63) is 119 Å². The molecule has 1 N–H and O–H groups in total. The molecule has 39 heavy (non-hydrogen) atoms. The van der Waals surface area contributed by atoms with E-state index in [1.54, 1.807) is 0 Å². The van der Waals surface area contributed by atoms with Gasteiger partial charge in [-0.25, -0.2) is 0 Å². The van der Waals surface area contributed by atoms with E-state index < -0.39 is 0 Å². The topological polar surface area (TPSA) is 25.2 Å². The van der Waals surface area contributed by atoms with Crippen molar-refractivity contribution in [3.8, 4) is 11.1 Å². The minimum atomic E-state index is 0.964. The monoisotopic (exact) mass is 521 g/mol. The predicted octanol–water partition coefficient (Wildman–Crippen LogP) is 9.00. The van der Waals surface area contributed by atoms with Crippen LogP contribution in [0.4, 0.5) is 5.69 Å². The molecule has 0 fully saturated rings. The molecule has 188 valence electrons. The number of hydrogen-bond acceptors (Lipinski definition) is 3. The van der Waals surface area contributed by atoms with Crippen LogP contribution in [0.15, 0.2) is 108 Å². The van der Waals surface area contributed by atoms with Crippen LogP contribution in [-0.4, -0.2) is 0 Å². The van der Waals surface area contributed by atoms with E-state index >= 15 is 0 Å². The number of allylic oxidation sites excluding steroid dienone is 4. The van der Waals surface area contributed by atoms with E-state index in [2.05, 4.69) is 115 Å². The van der Waals surface area contributed by atoms with Crippen LogP contribution in [0.5, 0.6) is 0 Å². The first-order valence-corrected chi connectivity index (χ1v) is 14.5. The first-order chi connectivity index (χ1) is 19.3. The van der Waals surface area contributed by atoms with Gasteiger partial charge in [-0.05, 0) is 90.4 Å². The molecule has 0 saturated carbocycles. The fraction of sp³-hybridized carbons (Fsp3) is 0.111. The fourth-order valence-corrected chi connectivity index (χ4v) is 7.25. The third-order valence-corrected chi connectivity index (χ3v) is 9.15. The third kappa shape index (κ3) is 3.85. The van der Waals surface area contributed by atoms with Crippen molar-refractivity contribution >= 4 is 65.5 Å². The van der Waals surface area contributed by atoms with Gasteiger partial charge in [0.2, 0.25) is 0 Å². The standard InChI is InChI=1S/C36H27NOS/c1-2-9-23(10-3-1)27-14-7-16-31-35(27)36-30(15-8-17-32(36)38-31)37-26-12-6-11-24(21-26)25-19-20-34-29(22-25)28-13-4-5-18-33(28)39-34/h1-2,4-7,9,11-14,16-22,37H,3,8,10,15H2. The van der Waals surface area contributed by atoms with Crippen molar-refractivity contribution in [3.63, 3.8) is 0 Å². The highest BCUT2D eigenvalue weighted by Gasteiger charge is 2.17. The number of anilines is 1. The largest absolute Gasteiger partial charge is 0.456 e. The number of nitrogens with one attached hydrogen (secondary N) is 1. The second-order valence-electron chi connectivity index (χ2n) is 10.4. The highest BCUT2D eigenvalue weighted by molar-refractivity contribution is 7.25. The van der Waals surface area contributed by atoms with E-state index in [-0.39, 0.29) is 0 Å². The minimum Gasteiger partial charge on any atom is -0.456 e. The zero-order chi connectivity index (χ0) is 25.8. The Bertz CT molecular complexity index is 2100. The van der Waals surface area contributed by atoms with Crippen molar-refractivity contribution < 1.29 is 4.42 Å². The summed E-state index contributed by atoms with van der Waals surface area (Å²) in [5.74, 6) is 0. The van der Waals surface area contributed by atoms with E-state index in [1.165, 1.54) is 58.7 Å². The Kier molecular flexibility index (Phi) is 5.31. The van der Waals surface area contributed by atoms with Gasteiger partial charge in [-0.3, -0.25) is 0 Å². The van der Waals surface area contributed by atoms with E-state index in [1.807, 2.05) is 11.3 Å². The maximum Gasteiger partial charge on any atom is 0.136 e. The number of thiophene rings is 1. The summed E-state index contributed by atoms with van der Waals surface area (Å²) in [6.45, 7) is 0. The molecule has 0 radical (unpaired) electrons. The Morgan fingerprint density at radius 3 is 2.59 bits per heavy atom. The van der Waals surface area contributed by atoms with E-state index in [0.717, 1.165) is 42.4 Å². The summed E-state index contributed by atoms with van der Waals surface area (Å²) < 4.78 is 9.07. The second kappa shape index (κ2) is 9.14. The molecule has 0 saturated heterocycles. The number of rotatable bonds is 4.